The molecule has 3 saturated carbocycles. The minimum atomic E-state index is -0.225. The van der Waals surface area contributed by atoms with Crippen molar-refractivity contribution >= 4 is 22.5 Å². The molecular weight excluding hydrogens is 413 g/mol. The van der Waals surface area contributed by atoms with Crippen molar-refractivity contribution in [3.8, 4) is 12.3 Å². The molecule has 3 aliphatic rings. The first-order valence-corrected chi connectivity index (χ1v) is 11.8. The molecule has 0 radical (unpaired) electrons. The molecule has 5 heteroatoms. The van der Waals surface area contributed by atoms with Crippen LogP contribution in [0.1, 0.15) is 55.7 Å². The fourth-order valence-electron chi connectivity index (χ4n) is 6.58. The van der Waals surface area contributed by atoms with Gasteiger partial charge < -0.3 is 5.32 Å². The quantitative estimate of drug-likeness (QED) is 0.532. The number of hydrogen-bond acceptors (Lipinski definition) is 3. The standard InChI is InChI=1S/C28H26FN3O/c1-2-22-4-5-23(16-31-22)32-27(33)28(8-9-28)20-13-17-11-19(12-18(17)14-20)24-7-10-30-26-6-3-21(29)15-25(24)26/h1,3-7,10,15-20H,8-9,11-14H2,(H,32,33). The Hall–Kier alpha value is -3.26. The lowest BCUT2D eigenvalue weighted by Crippen LogP contribution is -2.30. The number of terminal acetylenes is 1. The van der Waals surface area contributed by atoms with Gasteiger partial charge in [0.2, 0.25) is 5.91 Å². The predicted molar refractivity (Wildman–Crippen MR) is 126 cm³/mol. The molecule has 1 aromatic carbocycles. The molecule has 0 aliphatic heterocycles. The number of carbonyl (C=O) groups is 1. The average Bonchev–Trinajstić information content (AvgIpc) is 3.40. The number of anilines is 1. The average molecular weight is 440 g/mol. The molecule has 1 amide bonds. The Kier molecular flexibility index (Phi) is 4.72. The zero-order chi connectivity index (χ0) is 22.6. The molecule has 2 heterocycles. The number of amides is 1. The maximum atomic E-state index is 13.9. The van der Waals surface area contributed by atoms with Crippen LogP contribution in [0, 0.1) is 41.3 Å². The van der Waals surface area contributed by atoms with E-state index in [1.807, 2.05) is 12.3 Å². The first-order chi connectivity index (χ1) is 16.1. The van der Waals surface area contributed by atoms with E-state index >= 15 is 0 Å². The summed E-state index contributed by atoms with van der Waals surface area (Å²) in [6.45, 7) is 0. The first kappa shape index (κ1) is 20.4. The zero-order valence-electron chi connectivity index (χ0n) is 18.4. The van der Waals surface area contributed by atoms with Gasteiger partial charge in [-0.05, 0) is 104 Å². The molecule has 0 spiro atoms. The van der Waals surface area contributed by atoms with Gasteiger partial charge in [0.25, 0.3) is 0 Å². The van der Waals surface area contributed by atoms with Crippen LogP contribution in [0.3, 0.4) is 0 Å². The second-order valence-corrected chi connectivity index (χ2v) is 10.1. The number of aromatic nitrogens is 2. The Balaban J connectivity index is 1.15. The van der Waals surface area contributed by atoms with E-state index in [1.54, 1.807) is 24.4 Å². The Labute approximate surface area is 193 Å². The minimum absolute atomic E-state index is 0.134. The Morgan fingerprint density at radius 2 is 1.85 bits per heavy atom. The second kappa shape index (κ2) is 7.66. The number of halogens is 1. The van der Waals surface area contributed by atoms with Crippen molar-refractivity contribution in [2.75, 3.05) is 5.32 Å². The van der Waals surface area contributed by atoms with Crippen molar-refractivity contribution < 1.29 is 9.18 Å². The van der Waals surface area contributed by atoms with Gasteiger partial charge in [0, 0.05) is 11.6 Å². The molecule has 2 unspecified atom stereocenters. The Bertz CT molecular complexity index is 1260. The van der Waals surface area contributed by atoms with Gasteiger partial charge in [0.1, 0.15) is 11.5 Å². The highest BCUT2D eigenvalue weighted by Crippen LogP contribution is 2.63. The molecule has 3 aromatic rings. The number of nitrogens with one attached hydrogen (secondary N) is 1. The minimum Gasteiger partial charge on any atom is -0.324 e. The van der Waals surface area contributed by atoms with Crippen LogP contribution in [0.15, 0.2) is 48.8 Å². The third-order valence-electron chi connectivity index (χ3n) is 8.38. The second-order valence-electron chi connectivity index (χ2n) is 10.1. The van der Waals surface area contributed by atoms with Gasteiger partial charge in [-0.2, -0.15) is 0 Å². The lowest BCUT2D eigenvalue weighted by molar-refractivity contribution is -0.123. The van der Waals surface area contributed by atoms with Crippen LogP contribution in [-0.2, 0) is 4.79 Å². The third kappa shape index (κ3) is 3.49. The summed E-state index contributed by atoms with van der Waals surface area (Å²) in [5.74, 6) is 4.59. The first-order valence-electron chi connectivity index (χ1n) is 11.8. The van der Waals surface area contributed by atoms with Gasteiger partial charge in [0.05, 0.1) is 22.8 Å². The van der Waals surface area contributed by atoms with Crippen molar-refractivity contribution in [2.24, 2.45) is 23.2 Å². The monoisotopic (exact) mass is 439 g/mol. The molecule has 0 saturated heterocycles. The summed E-state index contributed by atoms with van der Waals surface area (Å²) >= 11 is 0. The summed E-state index contributed by atoms with van der Waals surface area (Å²) in [5, 5.41) is 4.03. The van der Waals surface area contributed by atoms with E-state index < -0.39 is 0 Å². The van der Waals surface area contributed by atoms with Gasteiger partial charge in [-0.1, -0.05) is 5.92 Å². The molecule has 3 fully saturated rings. The Morgan fingerprint density at radius 3 is 2.52 bits per heavy atom. The molecule has 0 bridgehead atoms. The highest BCUT2D eigenvalue weighted by Gasteiger charge is 2.59. The summed E-state index contributed by atoms with van der Waals surface area (Å²) in [6, 6.07) is 10.5. The molecule has 4 nitrogen and oxygen atoms in total. The summed E-state index contributed by atoms with van der Waals surface area (Å²) in [5.41, 5.74) is 3.14. The van der Waals surface area contributed by atoms with E-state index in [2.05, 4.69) is 27.3 Å². The topological polar surface area (TPSA) is 54.9 Å². The van der Waals surface area contributed by atoms with Crippen LogP contribution in [0.5, 0.6) is 0 Å². The van der Waals surface area contributed by atoms with E-state index in [-0.39, 0.29) is 17.1 Å². The summed E-state index contributed by atoms with van der Waals surface area (Å²) < 4.78 is 13.9. The molecule has 2 atom stereocenters. The van der Waals surface area contributed by atoms with E-state index in [9.17, 15) is 9.18 Å². The zero-order valence-corrected chi connectivity index (χ0v) is 18.4. The van der Waals surface area contributed by atoms with Gasteiger partial charge in [0.15, 0.2) is 0 Å². The lowest BCUT2D eigenvalue weighted by Gasteiger charge is -2.24. The predicted octanol–water partition coefficient (Wildman–Crippen LogP) is 5.69. The van der Waals surface area contributed by atoms with Crippen LogP contribution in [0.25, 0.3) is 10.9 Å². The number of fused-ring (bicyclic) bond motifs is 2. The van der Waals surface area contributed by atoms with Crippen LogP contribution in [0.2, 0.25) is 0 Å². The fraction of sp³-hybridized carbons (Fsp3) is 0.393. The normalized spacial score (nSPS) is 27.2. The highest BCUT2D eigenvalue weighted by atomic mass is 19.1. The van der Waals surface area contributed by atoms with Crippen LogP contribution >= 0.6 is 0 Å². The highest BCUT2D eigenvalue weighted by molar-refractivity contribution is 5.97. The molecule has 166 valence electrons. The smallest absolute Gasteiger partial charge is 0.230 e. The van der Waals surface area contributed by atoms with Gasteiger partial charge in [-0.3, -0.25) is 9.78 Å². The van der Waals surface area contributed by atoms with Crippen molar-refractivity contribution in [1.29, 1.82) is 0 Å². The van der Waals surface area contributed by atoms with E-state index in [4.69, 9.17) is 6.42 Å². The number of nitrogens with zero attached hydrogens (tertiary/aromatic N) is 2. The maximum absolute atomic E-state index is 13.9. The number of pyridine rings is 2. The molecule has 6 rings (SSSR count). The van der Waals surface area contributed by atoms with Crippen LogP contribution in [0.4, 0.5) is 10.1 Å². The number of benzene rings is 1. The van der Waals surface area contributed by atoms with Crippen molar-refractivity contribution in [3.05, 3.63) is 65.9 Å². The fourth-order valence-corrected chi connectivity index (χ4v) is 6.58. The van der Waals surface area contributed by atoms with E-state index in [0.717, 1.165) is 49.4 Å². The van der Waals surface area contributed by atoms with Crippen molar-refractivity contribution in [2.45, 2.75) is 44.4 Å². The summed E-state index contributed by atoms with van der Waals surface area (Å²) in [7, 11) is 0. The van der Waals surface area contributed by atoms with Gasteiger partial charge in [-0.25, -0.2) is 9.37 Å². The SMILES string of the molecule is C#Cc1ccc(NC(=O)C2(C3CC4CC(c5ccnc6ccc(F)cc56)CC4C3)CC2)cn1. The van der Waals surface area contributed by atoms with E-state index in [0.29, 0.717) is 35.1 Å². The number of rotatable bonds is 4. The largest absolute Gasteiger partial charge is 0.324 e. The van der Waals surface area contributed by atoms with Crippen LogP contribution < -0.4 is 5.32 Å². The summed E-state index contributed by atoms with van der Waals surface area (Å²) in [4.78, 5) is 21.8. The van der Waals surface area contributed by atoms with Crippen molar-refractivity contribution in [3.63, 3.8) is 0 Å². The number of hydrogen-bond donors (Lipinski definition) is 1. The molecule has 2 aromatic heterocycles. The summed E-state index contributed by atoms with van der Waals surface area (Å²) in [6.07, 6.45) is 15.2. The van der Waals surface area contributed by atoms with Crippen LogP contribution in [-0.4, -0.2) is 15.9 Å². The van der Waals surface area contributed by atoms with E-state index in [1.165, 1.54) is 11.6 Å². The molecule has 1 N–H and O–H groups in total. The molecular formula is C28H26FN3O. The maximum Gasteiger partial charge on any atom is 0.230 e. The third-order valence-corrected chi connectivity index (χ3v) is 8.38. The lowest BCUT2D eigenvalue weighted by atomic mass is 9.82. The Morgan fingerprint density at radius 1 is 1.06 bits per heavy atom. The molecule has 33 heavy (non-hydrogen) atoms. The molecule has 3 aliphatic carbocycles. The van der Waals surface area contributed by atoms with Crippen molar-refractivity contribution in [1.82, 2.24) is 9.97 Å². The number of carbonyl (C=O) groups excluding carboxylic acids is 1. The van der Waals surface area contributed by atoms with Gasteiger partial charge in [-0.15, -0.1) is 6.42 Å². The van der Waals surface area contributed by atoms with Gasteiger partial charge >= 0.3 is 0 Å².